The Bertz CT molecular complexity index is 1070. The molecule has 2 aliphatic rings. The van der Waals surface area contributed by atoms with Crippen molar-refractivity contribution in [2.45, 2.75) is 52.2 Å². The zero-order valence-corrected chi connectivity index (χ0v) is 19.8. The van der Waals surface area contributed by atoms with Crippen molar-refractivity contribution in [3.63, 3.8) is 0 Å². The van der Waals surface area contributed by atoms with E-state index < -0.39 is 5.97 Å². The van der Waals surface area contributed by atoms with E-state index in [0.717, 1.165) is 36.1 Å². The van der Waals surface area contributed by atoms with E-state index in [-0.39, 0.29) is 23.6 Å². The predicted octanol–water partition coefficient (Wildman–Crippen LogP) is 4.90. The number of benzene rings is 1. The number of methoxy groups -OCH3 is 1. The highest BCUT2D eigenvalue weighted by Gasteiger charge is 2.31. The number of esters is 1. The second-order valence-electron chi connectivity index (χ2n) is 9.03. The lowest BCUT2D eigenvalue weighted by Gasteiger charge is -2.35. The topological polar surface area (TPSA) is 66.8 Å². The molecular formula is C25H30ClNO5. The number of carbonyl (C=O) groups excluding carboxylic acids is 1. The predicted molar refractivity (Wildman–Crippen MR) is 124 cm³/mol. The van der Waals surface area contributed by atoms with Crippen molar-refractivity contribution in [2.75, 3.05) is 20.3 Å². The van der Waals surface area contributed by atoms with Crippen molar-refractivity contribution in [2.24, 2.45) is 11.8 Å². The maximum Gasteiger partial charge on any atom is 0.343 e. The summed E-state index contributed by atoms with van der Waals surface area (Å²) in [6, 6.07) is 5.49. The zero-order valence-electron chi connectivity index (χ0n) is 19.0. The Morgan fingerprint density at radius 2 is 2.00 bits per heavy atom. The molecule has 1 aromatic heterocycles. The van der Waals surface area contributed by atoms with Gasteiger partial charge >= 0.3 is 5.97 Å². The summed E-state index contributed by atoms with van der Waals surface area (Å²) in [6.45, 7) is 6.84. The SMILES string of the molecule is CCOC(=O)c1cn2c(cc1=O)-c1cc(Cl)c(OCC3CC(OC)C3)cc1CC2C(C)C. The third-order valence-electron chi connectivity index (χ3n) is 6.56. The molecular weight excluding hydrogens is 430 g/mol. The fourth-order valence-electron chi connectivity index (χ4n) is 4.61. The summed E-state index contributed by atoms with van der Waals surface area (Å²) in [4.78, 5) is 25.0. The van der Waals surface area contributed by atoms with Crippen LogP contribution in [0, 0.1) is 11.8 Å². The zero-order chi connectivity index (χ0) is 23.0. The van der Waals surface area contributed by atoms with Gasteiger partial charge in [-0.05, 0) is 55.7 Å². The molecule has 0 amide bonds. The molecule has 32 heavy (non-hydrogen) atoms. The molecule has 1 fully saturated rings. The standard InChI is InChI=1S/C25H30ClNO5/c1-5-31-25(29)19-12-27-21(14(2)3)8-16-9-24(32-13-15-6-17(7-15)30-4)20(26)10-18(16)22(27)11-23(19)28/h9-12,14-15,17,21H,5-8,13H2,1-4H3. The molecule has 7 heteroatoms. The van der Waals surface area contributed by atoms with Crippen molar-refractivity contribution < 1.29 is 19.0 Å². The fraction of sp³-hybridized carbons (Fsp3) is 0.520. The lowest BCUT2D eigenvalue weighted by atomic mass is 9.83. The summed E-state index contributed by atoms with van der Waals surface area (Å²) < 4.78 is 18.5. The molecule has 6 nitrogen and oxygen atoms in total. The van der Waals surface area contributed by atoms with Gasteiger partial charge in [-0.25, -0.2) is 4.79 Å². The fourth-order valence-corrected chi connectivity index (χ4v) is 4.82. The number of aromatic nitrogens is 1. The molecule has 0 saturated heterocycles. The van der Waals surface area contributed by atoms with Crippen LogP contribution in [-0.4, -0.2) is 37.0 Å². The molecule has 0 N–H and O–H groups in total. The molecule has 4 rings (SSSR count). The largest absolute Gasteiger partial charge is 0.492 e. The van der Waals surface area contributed by atoms with Crippen LogP contribution >= 0.6 is 11.6 Å². The van der Waals surface area contributed by atoms with E-state index in [1.807, 2.05) is 16.7 Å². The number of nitrogens with zero attached hydrogens (tertiary/aromatic N) is 1. The van der Waals surface area contributed by atoms with E-state index in [2.05, 4.69) is 13.8 Å². The van der Waals surface area contributed by atoms with E-state index in [4.69, 9.17) is 25.8 Å². The van der Waals surface area contributed by atoms with Crippen molar-refractivity contribution in [3.8, 4) is 17.0 Å². The van der Waals surface area contributed by atoms with Crippen molar-refractivity contribution >= 4 is 17.6 Å². The molecule has 0 bridgehead atoms. The maximum absolute atomic E-state index is 12.7. The summed E-state index contributed by atoms with van der Waals surface area (Å²) in [7, 11) is 1.74. The van der Waals surface area contributed by atoms with Crippen LogP contribution in [0.1, 0.15) is 55.6 Å². The Morgan fingerprint density at radius 1 is 1.25 bits per heavy atom. The van der Waals surface area contributed by atoms with Gasteiger partial charge in [-0.2, -0.15) is 0 Å². The smallest absolute Gasteiger partial charge is 0.343 e. The van der Waals surface area contributed by atoms with Gasteiger partial charge in [0.1, 0.15) is 11.3 Å². The number of ether oxygens (including phenoxy) is 3. The molecule has 1 saturated carbocycles. The van der Waals surface area contributed by atoms with Gasteiger partial charge in [0.25, 0.3) is 0 Å². The Balaban J connectivity index is 1.68. The molecule has 172 valence electrons. The average Bonchev–Trinajstić information content (AvgIpc) is 2.72. The Kier molecular flexibility index (Phi) is 6.63. The molecule has 0 radical (unpaired) electrons. The van der Waals surface area contributed by atoms with E-state index in [1.54, 1.807) is 20.2 Å². The van der Waals surface area contributed by atoms with Gasteiger partial charge < -0.3 is 18.8 Å². The molecule has 2 heterocycles. The molecule has 2 aromatic rings. The van der Waals surface area contributed by atoms with Gasteiger partial charge in [-0.3, -0.25) is 4.79 Å². The summed E-state index contributed by atoms with van der Waals surface area (Å²) in [5, 5.41) is 0.517. The van der Waals surface area contributed by atoms with Crippen LogP contribution in [0.15, 0.2) is 29.2 Å². The van der Waals surface area contributed by atoms with E-state index in [0.29, 0.717) is 35.3 Å². The van der Waals surface area contributed by atoms with E-state index in [1.165, 1.54) is 6.07 Å². The minimum Gasteiger partial charge on any atom is -0.492 e. The normalized spacial score (nSPS) is 21.5. The Hall–Kier alpha value is -2.31. The average molecular weight is 460 g/mol. The first kappa shape index (κ1) is 22.9. The summed E-state index contributed by atoms with van der Waals surface area (Å²) in [5.74, 6) is 0.860. The van der Waals surface area contributed by atoms with Gasteiger partial charge in [-0.1, -0.05) is 25.4 Å². The van der Waals surface area contributed by atoms with Gasteiger partial charge in [-0.15, -0.1) is 0 Å². The minimum atomic E-state index is -0.588. The minimum absolute atomic E-state index is 0.0608. The summed E-state index contributed by atoms with van der Waals surface area (Å²) in [5.41, 5.74) is 2.47. The quantitative estimate of drug-likeness (QED) is 0.551. The number of halogens is 1. The van der Waals surface area contributed by atoms with Crippen LogP contribution < -0.4 is 10.2 Å². The maximum atomic E-state index is 12.7. The molecule has 1 aliphatic heterocycles. The molecule has 0 spiro atoms. The van der Waals surface area contributed by atoms with Crippen molar-refractivity contribution in [1.29, 1.82) is 0 Å². The van der Waals surface area contributed by atoms with E-state index in [9.17, 15) is 9.59 Å². The van der Waals surface area contributed by atoms with Crippen LogP contribution in [0.2, 0.25) is 5.02 Å². The second kappa shape index (κ2) is 9.28. The summed E-state index contributed by atoms with van der Waals surface area (Å²) in [6.07, 6.45) is 4.75. The lowest BCUT2D eigenvalue weighted by molar-refractivity contribution is -0.0141. The van der Waals surface area contributed by atoms with Crippen molar-refractivity contribution in [1.82, 2.24) is 4.57 Å². The Morgan fingerprint density at radius 3 is 2.66 bits per heavy atom. The highest BCUT2D eigenvalue weighted by molar-refractivity contribution is 6.32. The van der Waals surface area contributed by atoms with Crippen LogP contribution in [0.5, 0.6) is 5.75 Å². The number of pyridine rings is 1. The molecule has 1 atom stereocenters. The first-order valence-electron chi connectivity index (χ1n) is 11.2. The van der Waals surface area contributed by atoms with Gasteiger partial charge in [0.2, 0.25) is 0 Å². The lowest BCUT2D eigenvalue weighted by Crippen LogP contribution is -2.34. The second-order valence-corrected chi connectivity index (χ2v) is 9.43. The van der Waals surface area contributed by atoms with Crippen LogP contribution in [0.3, 0.4) is 0 Å². The van der Waals surface area contributed by atoms with Gasteiger partial charge in [0, 0.05) is 31.0 Å². The molecule has 1 unspecified atom stereocenters. The Labute approximate surface area is 193 Å². The number of hydrogen-bond donors (Lipinski definition) is 0. The van der Waals surface area contributed by atoms with Crippen molar-refractivity contribution in [3.05, 3.63) is 50.8 Å². The van der Waals surface area contributed by atoms with Crippen LogP contribution in [0.25, 0.3) is 11.3 Å². The van der Waals surface area contributed by atoms with Crippen LogP contribution in [-0.2, 0) is 15.9 Å². The summed E-state index contributed by atoms with van der Waals surface area (Å²) >= 11 is 6.58. The molecule has 1 aliphatic carbocycles. The number of fused-ring (bicyclic) bond motifs is 3. The highest BCUT2D eigenvalue weighted by atomic mass is 35.5. The first-order chi connectivity index (χ1) is 15.3. The third kappa shape index (κ3) is 4.30. The third-order valence-corrected chi connectivity index (χ3v) is 6.86. The molecule has 1 aromatic carbocycles. The monoisotopic (exact) mass is 459 g/mol. The van der Waals surface area contributed by atoms with Crippen LogP contribution in [0.4, 0.5) is 0 Å². The number of rotatable bonds is 7. The van der Waals surface area contributed by atoms with E-state index >= 15 is 0 Å². The first-order valence-corrected chi connectivity index (χ1v) is 11.6. The van der Waals surface area contributed by atoms with Gasteiger partial charge in [0.05, 0.1) is 30.0 Å². The number of hydrogen-bond acceptors (Lipinski definition) is 5. The highest BCUT2D eigenvalue weighted by Crippen LogP contribution is 2.42. The number of carbonyl (C=O) groups is 1. The van der Waals surface area contributed by atoms with Gasteiger partial charge in [0.15, 0.2) is 5.43 Å².